The first-order valence-electron chi connectivity index (χ1n) is 6.11. The van der Waals surface area contributed by atoms with Crippen molar-refractivity contribution in [1.82, 2.24) is 9.97 Å². The minimum absolute atomic E-state index is 0.611. The molecular weight excluding hydrogens is 290 g/mol. The van der Waals surface area contributed by atoms with Crippen LogP contribution in [0.25, 0.3) is 0 Å². The number of rotatable bonds is 5. The number of nitrogens with one attached hydrogen (secondary N) is 1. The van der Waals surface area contributed by atoms with E-state index in [4.69, 9.17) is 0 Å². The predicted molar refractivity (Wildman–Crippen MR) is 78.1 cm³/mol. The molecule has 0 bridgehead atoms. The van der Waals surface area contributed by atoms with E-state index in [1.165, 1.54) is 18.4 Å². The molecule has 0 amide bonds. The van der Waals surface area contributed by atoms with E-state index < -0.39 is 0 Å². The Hall–Kier alpha value is -1.42. The number of halogens is 1. The van der Waals surface area contributed by atoms with Crippen LogP contribution in [0.4, 0.5) is 11.6 Å². The Morgan fingerprint density at radius 3 is 2.39 bits per heavy atom. The van der Waals surface area contributed by atoms with Crippen LogP contribution < -0.4 is 5.32 Å². The largest absolute Gasteiger partial charge is 0.324 e. The fourth-order valence-electron chi connectivity index (χ4n) is 1.64. The summed E-state index contributed by atoms with van der Waals surface area (Å²) >= 11 is 3.31. The highest BCUT2D eigenvalue weighted by Gasteiger charge is 1.98. The molecular formula is C14H16BrN3. The van der Waals surface area contributed by atoms with Crippen LogP contribution in [0, 0.1) is 0 Å². The predicted octanol–water partition coefficient (Wildman–Crippen LogP) is 4.33. The SMILES string of the molecule is CCCCc1ccc(Nc2ncc(Br)cn2)cc1. The zero-order valence-electron chi connectivity index (χ0n) is 10.4. The summed E-state index contributed by atoms with van der Waals surface area (Å²) in [4.78, 5) is 8.35. The van der Waals surface area contributed by atoms with Crippen LogP contribution in [0.1, 0.15) is 25.3 Å². The first kappa shape index (κ1) is 13.0. The molecule has 94 valence electrons. The molecule has 1 heterocycles. The molecule has 0 atom stereocenters. The molecule has 1 N–H and O–H groups in total. The van der Waals surface area contributed by atoms with Gasteiger partial charge in [0.1, 0.15) is 0 Å². The Labute approximate surface area is 116 Å². The molecule has 0 aliphatic carbocycles. The Morgan fingerprint density at radius 1 is 1.11 bits per heavy atom. The highest BCUT2D eigenvalue weighted by molar-refractivity contribution is 9.10. The fourth-order valence-corrected chi connectivity index (χ4v) is 1.85. The molecule has 4 heteroatoms. The van der Waals surface area contributed by atoms with E-state index in [1.807, 2.05) is 0 Å². The van der Waals surface area contributed by atoms with Crippen molar-refractivity contribution in [2.45, 2.75) is 26.2 Å². The first-order valence-corrected chi connectivity index (χ1v) is 6.90. The van der Waals surface area contributed by atoms with Crippen LogP contribution in [0.2, 0.25) is 0 Å². The second kappa shape index (κ2) is 6.50. The van der Waals surface area contributed by atoms with Gasteiger partial charge in [-0.1, -0.05) is 25.5 Å². The van der Waals surface area contributed by atoms with E-state index in [0.29, 0.717) is 5.95 Å². The van der Waals surface area contributed by atoms with Gasteiger partial charge in [-0.2, -0.15) is 0 Å². The standard InChI is InChI=1S/C14H16BrN3/c1-2-3-4-11-5-7-13(8-6-11)18-14-16-9-12(15)10-17-14/h5-10H,2-4H2,1H3,(H,16,17,18). The summed E-state index contributed by atoms with van der Waals surface area (Å²) in [5, 5.41) is 3.17. The number of aryl methyl sites for hydroxylation is 1. The minimum atomic E-state index is 0.611. The van der Waals surface area contributed by atoms with Crippen LogP contribution in [-0.4, -0.2) is 9.97 Å². The Morgan fingerprint density at radius 2 is 1.78 bits per heavy atom. The Bertz CT molecular complexity index is 479. The molecule has 2 rings (SSSR count). The third kappa shape index (κ3) is 3.81. The molecule has 0 unspecified atom stereocenters. The number of nitrogens with zero attached hydrogens (tertiary/aromatic N) is 2. The molecule has 0 aliphatic rings. The lowest BCUT2D eigenvalue weighted by atomic mass is 10.1. The van der Waals surface area contributed by atoms with E-state index in [-0.39, 0.29) is 0 Å². The van der Waals surface area contributed by atoms with E-state index >= 15 is 0 Å². The summed E-state index contributed by atoms with van der Waals surface area (Å²) in [6.07, 6.45) is 7.07. The zero-order chi connectivity index (χ0) is 12.8. The average molecular weight is 306 g/mol. The number of aromatic nitrogens is 2. The van der Waals surface area contributed by atoms with Crippen molar-refractivity contribution in [1.29, 1.82) is 0 Å². The molecule has 3 nitrogen and oxygen atoms in total. The average Bonchev–Trinajstić information content (AvgIpc) is 2.41. The molecule has 0 aliphatic heterocycles. The zero-order valence-corrected chi connectivity index (χ0v) is 11.9. The highest BCUT2D eigenvalue weighted by Crippen LogP contribution is 2.15. The van der Waals surface area contributed by atoms with Crippen molar-refractivity contribution in [2.24, 2.45) is 0 Å². The Kier molecular flexibility index (Phi) is 4.70. The van der Waals surface area contributed by atoms with Crippen molar-refractivity contribution in [2.75, 3.05) is 5.32 Å². The summed E-state index contributed by atoms with van der Waals surface area (Å²) in [5.41, 5.74) is 2.39. The van der Waals surface area contributed by atoms with E-state index in [9.17, 15) is 0 Å². The van der Waals surface area contributed by atoms with Gasteiger partial charge in [0.15, 0.2) is 0 Å². The van der Waals surface area contributed by atoms with Gasteiger partial charge in [-0.3, -0.25) is 0 Å². The van der Waals surface area contributed by atoms with Crippen molar-refractivity contribution in [3.8, 4) is 0 Å². The maximum absolute atomic E-state index is 4.18. The van der Waals surface area contributed by atoms with Gasteiger partial charge in [-0.15, -0.1) is 0 Å². The van der Waals surface area contributed by atoms with Crippen LogP contribution in [0.3, 0.4) is 0 Å². The number of benzene rings is 1. The molecule has 0 saturated heterocycles. The molecule has 0 saturated carbocycles. The van der Waals surface area contributed by atoms with Crippen LogP contribution in [0.15, 0.2) is 41.1 Å². The third-order valence-corrected chi connectivity index (χ3v) is 3.06. The van der Waals surface area contributed by atoms with E-state index in [1.54, 1.807) is 12.4 Å². The van der Waals surface area contributed by atoms with Gasteiger partial charge >= 0.3 is 0 Å². The lowest BCUT2D eigenvalue weighted by Gasteiger charge is -2.05. The smallest absolute Gasteiger partial charge is 0.227 e. The minimum Gasteiger partial charge on any atom is -0.324 e. The molecule has 0 spiro atoms. The number of hydrogen-bond acceptors (Lipinski definition) is 3. The molecule has 0 fully saturated rings. The van der Waals surface area contributed by atoms with Crippen molar-refractivity contribution in [3.05, 3.63) is 46.7 Å². The third-order valence-electron chi connectivity index (χ3n) is 2.65. The van der Waals surface area contributed by atoms with Gasteiger partial charge in [-0.05, 0) is 46.5 Å². The van der Waals surface area contributed by atoms with Crippen molar-refractivity contribution < 1.29 is 0 Å². The van der Waals surface area contributed by atoms with Gasteiger partial charge in [0, 0.05) is 18.1 Å². The van der Waals surface area contributed by atoms with Gasteiger partial charge in [-0.25, -0.2) is 9.97 Å². The summed E-state index contributed by atoms with van der Waals surface area (Å²) in [7, 11) is 0. The van der Waals surface area contributed by atoms with Gasteiger partial charge in [0.2, 0.25) is 5.95 Å². The fraction of sp³-hybridized carbons (Fsp3) is 0.286. The number of unbranched alkanes of at least 4 members (excludes halogenated alkanes) is 1. The highest BCUT2D eigenvalue weighted by atomic mass is 79.9. The summed E-state index contributed by atoms with van der Waals surface area (Å²) in [6.45, 7) is 2.21. The molecule has 2 aromatic rings. The number of hydrogen-bond donors (Lipinski definition) is 1. The summed E-state index contributed by atoms with van der Waals surface area (Å²) in [6, 6.07) is 8.43. The van der Waals surface area contributed by atoms with Gasteiger partial charge in [0.05, 0.1) is 4.47 Å². The molecule has 18 heavy (non-hydrogen) atoms. The topological polar surface area (TPSA) is 37.8 Å². The van der Waals surface area contributed by atoms with Crippen LogP contribution in [0.5, 0.6) is 0 Å². The Balaban J connectivity index is 1.99. The lowest BCUT2D eigenvalue weighted by molar-refractivity contribution is 0.795. The molecule has 1 aromatic heterocycles. The first-order chi connectivity index (χ1) is 8.78. The lowest BCUT2D eigenvalue weighted by Crippen LogP contribution is -1.96. The van der Waals surface area contributed by atoms with E-state index in [2.05, 4.69) is 62.4 Å². The molecule has 0 radical (unpaired) electrons. The quantitative estimate of drug-likeness (QED) is 0.893. The monoisotopic (exact) mass is 305 g/mol. The van der Waals surface area contributed by atoms with Gasteiger partial charge in [0.25, 0.3) is 0 Å². The van der Waals surface area contributed by atoms with Gasteiger partial charge < -0.3 is 5.32 Å². The van der Waals surface area contributed by atoms with Crippen molar-refractivity contribution in [3.63, 3.8) is 0 Å². The maximum Gasteiger partial charge on any atom is 0.227 e. The second-order valence-electron chi connectivity index (χ2n) is 4.15. The summed E-state index contributed by atoms with van der Waals surface area (Å²) < 4.78 is 0.878. The second-order valence-corrected chi connectivity index (χ2v) is 5.07. The van der Waals surface area contributed by atoms with E-state index in [0.717, 1.165) is 16.6 Å². The van der Waals surface area contributed by atoms with Crippen molar-refractivity contribution >= 4 is 27.6 Å². The van der Waals surface area contributed by atoms with Crippen LogP contribution >= 0.6 is 15.9 Å². The van der Waals surface area contributed by atoms with Crippen LogP contribution in [-0.2, 0) is 6.42 Å². The molecule has 1 aromatic carbocycles. The summed E-state index contributed by atoms with van der Waals surface area (Å²) in [5.74, 6) is 0.611. The maximum atomic E-state index is 4.18. The normalized spacial score (nSPS) is 10.3. The number of anilines is 2.